The van der Waals surface area contributed by atoms with Gasteiger partial charge in [-0.2, -0.15) is 13.2 Å². The summed E-state index contributed by atoms with van der Waals surface area (Å²) in [6.45, 7) is -0.319. The number of benzene rings is 1. The molecule has 0 bridgehead atoms. The first-order valence-electron chi connectivity index (χ1n) is 4.79. The predicted molar refractivity (Wildman–Crippen MR) is 59.9 cm³/mol. The van der Waals surface area contributed by atoms with Crippen LogP contribution in [0.2, 0.25) is 0 Å². The van der Waals surface area contributed by atoms with Crippen molar-refractivity contribution in [2.24, 2.45) is 0 Å². The molecule has 0 aliphatic carbocycles. The molecule has 0 saturated carbocycles. The van der Waals surface area contributed by atoms with Crippen LogP contribution in [-0.4, -0.2) is 35.0 Å². The summed E-state index contributed by atoms with van der Waals surface area (Å²) in [5.74, 6) is 0. The van der Waals surface area contributed by atoms with Crippen molar-refractivity contribution in [2.75, 3.05) is 18.5 Å². The quantitative estimate of drug-likeness (QED) is 0.715. The van der Waals surface area contributed by atoms with E-state index < -0.39 is 18.2 Å². The van der Waals surface area contributed by atoms with Crippen molar-refractivity contribution < 1.29 is 23.4 Å². The molecule has 7 heteroatoms. The molecular formula is C10H12F3NO2S. The van der Waals surface area contributed by atoms with Crippen molar-refractivity contribution in [3.05, 3.63) is 24.3 Å². The molecule has 1 rings (SSSR count). The van der Waals surface area contributed by atoms with Crippen LogP contribution in [0.5, 0.6) is 0 Å². The fourth-order valence-corrected chi connectivity index (χ4v) is 1.70. The Bertz CT molecular complexity index is 360. The molecule has 0 aliphatic heterocycles. The van der Waals surface area contributed by atoms with Gasteiger partial charge in [-0.05, 0) is 30.0 Å². The van der Waals surface area contributed by atoms with Crippen LogP contribution >= 0.6 is 11.8 Å². The van der Waals surface area contributed by atoms with E-state index in [2.05, 4.69) is 5.32 Å². The minimum absolute atomic E-state index is 0.0704. The molecule has 0 spiro atoms. The molecule has 3 N–H and O–H groups in total. The number of rotatable bonds is 5. The molecule has 0 aromatic heterocycles. The van der Waals surface area contributed by atoms with Crippen LogP contribution in [0.3, 0.4) is 0 Å². The Kier molecular flexibility index (Phi) is 5.10. The Morgan fingerprint density at radius 1 is 1.35 bits per heavy atom. The van der Waals surface area contributed by atoms with Gasteiger partial charge in [0.2, 0.25) is 0 Å². The fraction of sp³-hybridized carbons (Fsp3) is 0.400. The molecule has 0 amide bonds. The van der Waals surface area contributed by atoms with Gasteiger partial charge >= 0.3 is 5.51 Å². The van der Waals surface area contributed by atoms with Crippen LogP contribution in [0.4, 0.5) is 18.9 Å². The molecule has 1 aromatic rings. The number of aliphatic hydroxyl groups is 2. The molecule has 1 unspecified atom stereocenters. The minimum atomic E-state index is -4.32. The summed E-state index contributed by atoms with van der Waals surface area (Å²) >= 11 is -0.197. The summed E-state index contributed by atoms with van der Waals surface area (Å²) in [6.07, 6.45) is -0.936. The van der Waals surface area contributed by atoms with E-state index in [0.29, 0.717) is 5.69 Å². The van der Waals surface area contributed by atoms with Crippen molar-refractivity contribution >= 4 is 17.4 Å². The van der Waals surface area contributed by atoms with E-state index in [1.807, 2.05) is 0 Å². The van der Waals surface area contributed by atoms with Crippen molar-refractivity contribution in [3.63, 3.8) is 0 Å². The van der Waals surface area contributed by atoms with Crippen LogP contribution in [0.15, 0.2) is 29.2 Å². The maximum Gasteiger partial charge on any atom is 0.446 e. The van der Waals surface area contributed by atoms with E-state index in [9.17, 15) is 13.2 Å². The summed E-state index contributed by atoms with van der Waals surface area (Å²) < 4.78 is 36.3. The highest BCUT2D eigenvalue weighted by Crippen LogP contribution is 2.37. The standard InChI is InChI=1S/C10H12F3NO2S/c11-10(12,13)17-9-3-1-2-7(4-9)14-5-8(16)6-15/h1-4,8,14-16H,5-6H2. The third-order valence-corrected chi connectivity index (χ3v) is 2.54. The molecule has 0 saturated heterocycles. The average molecular weight is 267 g/mol. The Labute approximate surface area is 101 Å². The molecule has 17 heavy (non-hydrogen) atoms. The van der Waals surface area contributed by atoms with Gasteiger partial charge in [0.15, 0.2) is 0 Å². The summed E-state index contributed by atoms with van der Waals surface area (Å²) in [5.41, 5.74) is -3.85. The van der Waals surface area contributed by atoms with Crippen molar-refractivity contribution in [1.29, 1.82) is 0 Å². The topological polar surface area (TPSA) is 52.5 Å². The number of nitrogens with one attached hydrogen (secondary N) is 1. The smallest absolute Gasteiger partial charge is 0.394 e. The van der Waals surface area contributed by atoms with Crippen LogP contribution in [0.1, 0.15) is 0 Å². The Morgan fingerprint density at radius 2 is 2.06 bits per heavy atom. The summed E-state index contributed by atoms with van der Waals surface area (Å²) in [7, 11) is 0. The first-order chi connectivity index (χ1) is 7.90. The van der Waals surface area contributed by atoms with Gasteiger partial charge < -0.3 is 15.5 Å². The lowest BCUT2D eigenvalue weighted by molar-refractivity contribution is -0.0328. The molecule has 1 aromatic carbocycles. The maximum absolute atomic E-state index is 12.1. The van der Waals surface area contributed by atoms with E-state index >= 15 is 0 Å². The minimum Gasteiger partial charge on any atom is -0.394 e. The zero-order valence-electron chi connectivity index (χ0n) is 8.74. The molecule has 0 heterocycles. The normalized spacial score (nSPS) is 13.5. The summed E-state index contributed by atoms with van der Waals surface area (Å²) in [4.78, 5) is 0.0704. The van der Waals surface area contributed by atoms with Crippen molar-refractivity contribution in [3.8, 4) is 0 Å². The van der Waals surface area contributed by atoms with E-state index in [1.165, 1.54) is 18.2 Å². The molecule has 1 atom stereocenters. The van der Waals surface area contributed by atoms with Gasteiger partial charge in [0.05, 0.1) is 12.7 Å². The second kappa shape index (κ2) is 6.13. The number of thioether (sulfide) groups is 1. The van der Waals surface area contributed by atoms with Crippen LogP contribution in [0, 0.1) is 0 Å². The molecular weight excluding hydrogens is 255 g/mol. The highest BCUT2D eigenvalue weighted by Gasteiger charge is 2.29. The first-order valence-corrected chi connectivity index (χ1v) is 5.61. The van der Waals surface area contributed by atoms with Crippen molar-refractivity contribution in [2.45, 2.75) is 16.5 Å². The summed E-state index contributed by atoms with van der Waals surface area (Å²) in [5, 5.41) is 20.4. The zero-order valence-corrected chi connectivity index (χ0v) is 9.55. The average Bonchev–Trinajstić information content (AvgIpc) is 2.24. The number of hydrogen-bond acceptors (Lipinski definition) is 4. The summed E-state index contributed by atoms with van der Waals surface area (Å²) in [6, 6.07) is 5.76. The number of halogens is 3. The first kappa shape index (κ1) is 14.1. The van der Waals surface area contributed by atoms with Gasteiger partial charge in [-0.1, -0.05) is 6.07 Å². The Hall–Kier alpha value is -0.920. The molecule has 0 radical (unpaired) electrons. The lowest BCUT2D eigenvalue weighted by atomic mass is 10.3. The van der Waals surface area contributed by atoms with Gasteiger partial charge in [-0.25, -0.2) is 0 Å². The van der Waals surface area contributed by atoms with Crippen LogP contribution < -0.4 is 5.32 Å². The van der Waals surface area contributed by atoms with E-state index in [-0.39, 0.29) is 23.2 Å². The van der Waals surface area contributed by atoms with Gasteiger partial charge in [0.1, 0.15) is 0 Å². The second-order valence-electron chi connectivity index (χ2n) is 3.29. The largest absolute Gasteiger partial charge is 0.446 e. The van der Waals surface area contributed by atoms with E-state index in [0.717, 1.165) is 0 Å². The van der Waals surface area contributed by atoms with Gasteiger partial charge in [-0.3, -0.25) is 0 Å². The van der Waals surface area contributed by atoms with E-state index in [4.69, 9.17) is 10.2 Å². The SMILES string of the molecule is OCC(O)CNc1cccc(SC(F)(F)F)c1. The highest BCUT2D eigenvalue weighted by molar-refractivity contribution is 8.00. The monoisotopic (exact) mass is 267 g/mol. The number of alkyl halides is 3. The maximum atomic E-state index is 12.1. The number of aliphatic hydroxyl groups excluding tert-OH is 2. The molecule has 3 nitrogen and oxygen atoms in total. The third kappa shape index (κ3) is 5.81. The predicted octanol–water partition coefficient (Wildman–Crippen LogP) is 2.06. The third-order valence-electron chi connectivity index (χ3n) is 1.82. The Balaban J connectivity index is 2.60. The zero-order chi connectivity index (χ0) is 12.9. The molecule has 0 aliphatic rings. The number of anilines is 1. The lowest BCUT2D eigenvalue weighted by Crippen LogP contribution is -2.22. The number of hydrogen-bond donors (Lipinski definition) is 3. The highest BCUT2D eigenvalue weighted by atomic mass is 32.2. The lowest BCUT2D eigenvalue weighted by Gasteiger charge is -2.11. The van der Waals surface area contributed by atoms with Gasteiger partial charge in [0, 0.05) is 17.1 Å². The van der Waals surface area contributed by atoms with Crippen molar-refractivity contribution in [1.82, 2.24) is 0 Å². The molecule has 0 fully saturated rings. The van der Waals surface area contributed by atoms with E-state index in [1.54, 1.807) is 6.07 Å². The molecule has 96 valence electrons. The van der Waals surface area contributed by atoms with Crippen LogP contribution in [-0.2, 0) is 0 Å². The second-order valence-corrected chi connectivity index (χ2v) is 4.43. The Morgan fingerprint density at radius 3 is 2.65 bits per heavy atom. The van der Waals surface area contributed by atoms with Crippen LogP contribution in [0.25, 0.3) is 0 Å². The fourth-order valence-electron chi connectivity index (χ4n) is 1.10. The van der Waals surface area contributed by atoms with Gasteiger partial charge in [0.25, 0.3) is 0 Å². The van der Waals surface area contributed by atoms with Gasteiger partial charge in [-0.15, -0.1) is 0 Å².